The lowest BCUT2D eigenvalue weighted by atomic mass is 10.1. The van der Waals surface area contributed by atoms with Crippen LogP contribution in [0, 0.1) is 6.92 Å². The fraction of sp³-hybridized carbons (Fsp3) is 0.160. The molecular weight excluding hydrogens is 422 g/mol. The average molecular weight is 446 g/mol. The maximum absolute atomic E-state index is 13.2. The Morgan fingerprint density at radius 3 is 2.34 bits per heavy atom. The van der Waals surface area contributed by atoms with E-state index in [2.05, 4.69) is 15.4 Å². The Labute approximate surface area is 192 Å². The minimum atomic E-state index is -0.341. The summed E-state index contributed by atoms with van der Waals surface area (Å²) in [5.74, 6) is 0.491. The molecule has 0 amide bonds. The molecule has 0 aliphatic heterocycles. The molecule has 7 heteroatoms. The maximum atomic E-state index is 13.2. The zero-order chi connectivity index (χ0) is 22.7. The standard InChI is InChI=1S/C25H24ClN5O/c1-17-8-12-19(13-9-17)23-28-25(27-16-18-10-14-20(15-11-18)30(2)3)31(29-23)24(32)21-6-4-5-7-22(21)26/h4-15H,16H2,1-3H3,(H,27,28,29). The quantitative estimate of drug-likeness (QED) is 0.437. The minimum absolute atomic E-state index is 0.341. The van der Waals surface area contributed by atoms with E-state index in [0.717, 1.165) is 22.4 Å². The molecule has 0 unspecified atom stereocenters. The van der Waals surface area contributed by atoms with Gasteiger partial charge in [0.1, 0.15) is 0 Å². The third-order valence-electron chi connectivity index (χ3n) is 5.12. The van der Waals surface area contributed by atoms with Gasteiger partial charge >= 0.3 is 0 Å². The lowest BCUT2D eigenvalue weighted by Gasteiger charge is -2.13. The molecule has 0 saturated carbocycles. The van der Waals surface area contributed by atoms with Gasteiger partial charge in [-0.15, -0.1) is 5.10 Å². The molecule has 32 heavy (non-hydrogen) atoms. The molecule has 0 saturated heterocycles. The Bertz CT molecular complexity index is 1230. The molecule has 0 aliphatic rings. The van der Waals surface area contributed by atoms with E-state index in [1.165, 1.54) is 4.68 Å². The van der Waals surface area contributed by atoms with Crippen LogP contribution in [0.5, 0.6) is 0 Å². The Morgan fingerprint density at radius 1 is 1.00 bits per heavy atom. The molecule has 1 aromatic heterocycles. The van der Waals surface area contributed by atoms with Gasteiger partial charge in [-0.25, -0.2) is 0 Å². The number of rotatable bonds is 6. The van der Waals surface area contributed by atoms with Crippen molar-refractivity contribution >= 4 is 29.1 Å². The second-order valence-corrected chi connectivity index (χ2v) is 8.14. The summed E-state index contributed by atoms with van der Waals surface area (Å²) in [5, 5.41) is 8.14. The highest BCUT2D eigenvalue weighted by molar-refractivity contribution is 6.33. The van der Waals surface area contributed by atoms with E-state index in [1.54, 1.807) is 24.3 Å². The zero-order valence-electron chi connectivity index (χ0n) is 18.2. The van der Waals surface area contributed by atoms with Gasteiger partial charge in [-0.05, 0) is 36.8 Å². The van der Waals surface area contributed by atoms with Gasteiger partial charge in [-0.1, -0.05) is 65.7 Å². The van der Waals surface area contributed by atoms with Crippen molar-refractivity contribution in [2.24, 2.45) is 0 Å². The van der Waals surface area contributed by atoms with Crippen LogP contribution < -0.4 is 10.2 Å². The fourth-order valence-corrected chi connectivity index (χ4v) is 3.45. The van der Waals surface area contributed by atoms with Crippen LogP contribution in [-0.4, -0.2) is 34.8 Å². The van der Waals surface area contributed by atoms with Crippen molar-refractivity contribution in [3.05, 3.63) is 94.5 Å². The summed E-state index contributed by atoms with van der Waals surface area (Å²) in [7, 11) is 4.01. The average Bonchev–Trinajstić information content (AvgIpc) is 3.22. The number of anilines is 2. The normalized spacial score (nSPS) is 10.8. The summed E-state index contributed by atoms with van der Waals surface area (Å²) in [6.45, 7) is 2.51. The van der Waals surface area contributed by atoms with Crippen LogP contribution in [0.4, 0.5) is 11.6 Å². The SMILES string of the molecule is Cc1ccc(-c2nc(NCc3ccc(N(C)C)cc3)n(C(=O)c3ccccc3Cl)n2)cc1. The van der Waals surface area contributed by atoms with E-state index in [0.29, 0.717) is 28.9 Å². The Hall–Kier alpha value is -3.64. The first-order chi connectivity index (χ1) is 15.4. The minimum Gasteiger partial charge on any atom is -0.378 e. The number of aryl methyl sites for hydroxylation is 1. The Balaban J connectivity index is 1.66. The molecule has 1 N–H and O–H groups in total. The number of hydrogen-bond acceptors (Lipinski definition) is 5. The van der Waals surface area contributed by atoms with Crippen LogP contribution in [0.3, 0.4) is 0 Å². The Kier molecular flexibility index (Phi) is 6.23. The highest BCUT2D eigenvalue weighted by atomic mass is 35.5. The second-order valence-electron chi connectivity index (χ2n) is 7.74. The van der Waals surface area contributed by atoms with Crippen molar-refractivity contribution in [3.63, 3.8) is 0 Å². The molecule has 4 aromatic rings. The number of nitrogens with zero attached hydrogens (tertiary/aromatic N) is 4. The van der Waals surface area contributed by atoms with E-state index in [-0.39, 0.29) is 5.91 Å². The Morgan fingerprint density at radius 2 is 1.69 bits per heavy atom. The highest BCUT2D eigenvalue weighted by Gasteiger charge is 2.20. The van der Waals surface area contributed by atoms with Gasteiger partial charge in [-0.3, -0.25) is 4.79 Å². The van der Waals surface area contributed by atoms with Crippen LogP contribution in [0.2, 0.25) is 5.02 Å². The van der Waals surface area contributed by atoms with Crippen molar-refractivity contribution in [1.29, 1.82) is 0 Å². The second kappa shape index (κ2) is 9.24. The third kappa shape index (κ3) is 4.65. The van der Waals surface area contributed by atoms with Crippen LogP contribution in [0.1, 0.15) is 21.5 Å². The number of benzene rings is 3. The molecular formula is C25H24ClN5O. The molecule has 162 valence electrons. The summed E-state index contributed by atoms with van der Waals surface area (Å²) in [4.78, 5) is 19.9. The number of carbonyl (C=O) groups excluding carboxylic acids is 1. The van der Waals surface area contributed by atoms with Crippen molar-refractivity contribution in [1.82, 2.24) is 14.8 Å². The van der Waals surface area contributed by atoms with Gasteiger partial charge in [0.15, 0.2) is 5.82 Å². The van der Waals surface area contributed by atoms with Gasteiger partial charge in [0, 0.05) is 31.9 Å². The van der Waals surface area contributed by atoms with Gasteiger partial charge < -0.3 is 10.2 Å². The monoisotopic (exact) mass is 445 g/mol. The number of aromatic nitrogens is 3. The first-order valence-corrected chi connectivity index (χ1v) is 10.6. The number of nitrogens with one attached hydrogen (secondary N) is 1. The lowest BCUT2D eigenvalue weighted by molar-refractivity contribution is 0.0947. The van der Waals surface area contributed by atoms with E-state index < -0.39 is 0 Å². The highest BCUT2D eigenvalue weighted by Crippen LogP contribution is 2.23. The predicted molar refractivity (Wildman–Crippen MR) is 129 cm³/mol. The fourth-order valence-electron chi connectivity index (χ4n) is 3.23. The van der Waals surface area contributed by atoms with E-state index in [9.17, 15) is 4.79 Å². The molecule has 0 bridgehead atoms. The molecule has 0 atom stereocenters. The third-order valence-corrected chi connectivity index (χ3v) is 5.45. The largest absolute Gasteiger partial charge is 0.378 e. The summed E-state index contributed by atoms with van der Waals surface area (Å²) in [6.07, 6.45) is 0. The molecule has 4 rings (SSSR count). The molecule has 0 radical (unpaired) electrons. The number of carbonyl (C=O) groups is 1. The zero-order valence-corrected chi connectivity index (χ0v) is 19.0. The first kappa shape index (κ1) is 21.6. The lowest BCUT2D eigenvalue weighted by Crippen LogP contribution is -2.18. The van der Waals surface area contributed by atoms with E-state index in [1.807, 2.05) is 74.4 Å². The van der Waals surface area contributed by atoms with Crippen LogP contribution in [0.15, 0.2) is 72.8 Å². The predicted octanol–water partition coefficient (Wildman–Crippen LogP) is 5.27. The number of hydrogen-bond donors (Lipinski definition) is 1. The topological polar surface area (TPSA) is 63.1 Å². The van der Waals surface area contributed by atoms with Gasteiger partial charge in [0.05, 0.1) is 10.6 Å². The van der Waals surface area contributed by atoms with Crippen molar-refractivity contribution in [2.75, 3.05) is 24.3 Å². The molecule has 6 nitrogen and oxygen atoms in total. The summed E-state index contributed by atoms with van der Waals surface area (Å²) >= 11 is 6.27. The summed E-state index contributed by atoms with van der Waals surface area (Å²) in [5.41, 5.74) is 4.52. The van der Waals surface area contributed by atoms with Gasteiger partial charge in [0.25, 0.3) is 5.91 Å². The molecule has 1 heterocycles. The smallest absolute Gasteiger partial charge is 0.282 e. The molecule has 0 spiro atoms. The number of halogens is 1. The van der Waals surface area contributed by atoms with Crippen LogP contribution >= 0.6 is 11.6 Å². The van der Waals surface area contributed by atoms with Crippen molar-refractivity contribution in [2.45, 2.75) is 13.5 Å². The molecule has 0 aliphatic carbocycles. The summed E-state index contributed by atoms with van der Waals surface area (Å²) < 4.78 is 1.28. The van der Waals surface area contributed by atoms with E-state index >= 15 is 0 Å². The van der Waals surface area contributed by atoms with Crippen molar-refractivity contribution < 1.29 is 4.79 Å². The maximum Gasteiger partial charge on any atom is 0.282 e. The summed E-state index contributed by atoms with van der Waals surface area (Å²) in [6, 6.07) is 23.0. The van der Waals surface area contributed by atoms with Crippen LogP contribution in [-0.2, 0) is 6.54 Å². The first-order valence-electron chi connectivity index (χ1n) is 10.3. The van der Waals surface area contributed by atoms with Gasteiger partial charge in [-0.2, -0.15) is 9.67 Å². The van der Waals surface area contributed by atoms with E-state index in [4.69, 9.17) is 11.6 Å². The van der Waals surface area contributed by atoms with Crippen LogP contribution in [0.25, 0.3) is 11.4 Å². The van der Waals surface area contributed by atoms with Gasteiger partial charge in [0.2, 0.25) is 5.95 Å². The van der Waals surface area contributed by atoms with Crippen molar-refractivity contribution in [3.8, 4) is 11.4 Å². The molecule has 0 fully saturated rings. The molecule has 3 aromatic carbocycles.